The normalized spacial score (nSPS) is 20.4. The standard InChI is InChI=1S/C14H23N3O2S/c1-11-7-12(8-15)3-4-14(11)20(18,19)16-9-13-5-6-17(2)10-13/h3-4,7,13,16H,5-6,8-10,15H2,1-2H3. The summed E-state index contributed by atoms with van der Waals surface area (Å²) >= 11 is 0. The van der Waals surface area contributed by atoms with E-state index in [4.69, 9.17) is 5.73 Å². The summed E-state index contributed by atoms with van der Waals surface area (Å²) in [6, 6.07) is 5.24. The van der Waals surface area contributed by atoms with Crippen LogP contribution in [-0.4, -0.2) is 40.0 Å². The Kier molecular flexibility index (Phi) is 4.80. The lowest BCUT2D eigenvalue weighted by Crippen LogP contribution is -2.31. The maximum absolute atomic E-state index is 12.3. The van der Waals surface area contributed by atoms with E-state index in [1.165, 1.54) is 0 Å². The van der Waals surface area contributed by atoms with Crippen molar-refractivity contribution in [2.45, 2.75) is 24.8 Å². The van der Waals surface area contributed by atoms with Gasteiger partial charge in [-0.05, 0) is 50.0 Å². The third kappa shape index (κ3) is 3.58. The van der Waals surface area contributed by atoms with Gasteiger partial charge in [-0.2, -0.15) is 0 Å². The van der Waals surface area contributed by atoms with Gasteiger partial charge in [-0.3, -0.25) is 0 Å². The van der Waals surface area contributed by atoms with Crippen molar-refractivity contribution in [1.82, 2.24) is 9.62 Å². The van der Waals surface area contributed by atoms with E-state index in [2.05, 4.69) is 16.7 Å². The number of nitrogens with zero attached hydrogens (tertiary/aromatic N) is 1. The van der Waals surface area contributed by atoms with Crippen molar-refractivity contribution in [1.29, 1.82) is 0 Å². The van der Waals surface area contributed by atoms with Crippen LogP contribution in [-0.2, 0) is 16.6 Å². The maximum atomic E-state index is 12.3. The second kappa shape index (κ2) is 6.22. The Bertz CT molecular complexity index is 572. The molecular weight excluding hydrogens is 274 g/mol. The van der Waals surface area contributed by atoms with Crippen LogP contribution in [0.3, 0.4) is 0 Å². The number of hydrogen-bond acceptors (Lipinski definition) is 4. The van der Waals surface area contributed by atoms with Gasteiger partial charge >= 0.3 is 0 Å². The highest BCUT2D eigenvalue weighted by Gasteiger charge is 2.23. The van der Waals surface area contributed by atoms with Crippen LogP contribution in [0.1, 0.15) is 17.5 Å². The van der Waals surface area contributed by atoms with E-state index in [1.807, 2.05) is 6.07 Å². The molecule has 0 saturated carbocycles. The van der Waals surface area contributed by atoms with Crippen LogP contribution in [0.25, 0.3) is 0 Å². The fourth-order valence-electron chi connectivity index (χ4n) is 2.64. The van der Waals surface area contributed by atoms with E-state index >= 15 is 0 Å². The van der Waals surface area contributed by atoms with Crippen molar-refractivity contribution in [3.8, 4) is 0 Å². The molecule has 20 heavy (non-hydrogen) atoms. The van der Waals surface area contributed by atoms with E-state index in [9.17, 15) is 8.42 Å². The summed E-state index contributed by atoms with van der Waals surface area (Å²) in [6.45, 7) is 4.72. The minimum Gasteiger partial charge on any atom is -0.326 e. The lowest BCUT2D eigenvalue weighted by atomic mass is 10.1. The average molecular weight is 297 g/mol. The van der Waals surface area contributed by atoms with Gasteiger partial charge in [0.05, 0.1) is 4.90 Å². The lowest BCUT2D eigenvalue weighted by molar-refractivity contribution is 0.394. The Morgan fingerprint density at radius 1 is 1.45 bits per heavy atom. The summed E-state index contributed by atoms with van der Waals surface area (Å²) < 4.78 is 27.4. The van der Waals surface area contributed by atoms with Gasteiger partial charge in [-0.15, -0.1) is 0 Å². The zero-order valence-electron chi connectivity index (χ0n) is 12.1. The molecule has 0 aromatic heterocycles. The summed E-state index contributed by atoms with van der Waals surface area (Å²) in [5.41, 5.74) is 7.25. The number of benzene rings is 1. The minimum atomic E-state index is -3.43. The van der Waals surface area contributed by atoms with Crippen LogP contribution in [0.15, 0.2) is 23.1 Å². The predicted molar refractivity (Wildman–Crippen MR) is 79.9 cm³/mol. The molecular formula is C14H23N3O2S. The molecule has 0 amide bonds. The third-order valence-corrected chi connectivity index (χ3v) is 5.40. The van der Waals surface area contributed by atoms with Gasteiger partial charge in [0.1, 0.15) is 0 Å². The summed E-state index contributed by atoms with van der Waals surface area (Å²) in [5.74, 6) is 0.401. The highest BCUT2D eigenvalue weighted by atomic mass is 32.2. The van der Waals surface area contributed by atoms with Crippen LogP contribution in [0, 0.1) is 12.8 Å². The van der Waals surface area contributed by atoms with Crippen molar-refractivity contribution in [3.05, 3.63) is 29.3 Å². The number of hydrogen-bond donors (Lipinski definition) is 2. The number of rotatable bonds is 5. The second-order valence-electron chi connectivity index (χ2n) is 5.57. The first kappa shape index (κ1) is 15.4. The molecule has 2 rings (SSSR count). The molecule has 3 N–H and O–H groups in total. The number of nitrogens with one attached hydrogen (secondary N) is 1. The Morgan fingerprint density at radius 2 is 2.20 bits per heavy atom. The second-order valence-corrected chi connectivity index (χ2v) is 7.31. The largest absolute Gasteiger partial charge is 0.326 e. The molecule has 1 heterocycles. The molecule has 1 aliphatic rings. The Balaban J connectivity index is 2.06. The molecule has 112 valence electrons. The van der Waals surface area contributed by atoms with Gasteiger partial charge in [0, 0.05) is 19.6 Å². The molecule has 1 fully saturated rings. The summed E-state index contributed by atoms with van der Waals surface area (Å²) in [7, 11) is -1.37. The molecule has 0 bridgehead atoms. The monoisotopic (exact) mass is 297 g/mol. The predicted octanol–water partition coefficient (Wildman–Crippen LogP) is 0.684. The molecule has 5 nitrogen and oxygen atoms in total. The van der Waals surface area contributed by atoms with E-state index in [1.54, 1.807) is 19.1 Å². The first-order valence-corrected chi connectivity index (χ1v) is 8.38. The van der Waals surface area contributed by atoms with Crippen molar-refractivity contribution in [3.63, 3.8) is 0 Å². The fourth-order valence-corrected chi connectivity index (χ4v) is 3.98. The van der Waals surface area contributed by atoms with Gasteiger partial charge in [-0.25, -0.2) is 13.1 Å². The maximum Gasteiger partial charge on any atom is 0.240 e. The van der Waals surface area contributed by atoms with Crippen LogP contribution in [0.2, 0.25) is 0 Å². The smallest absolute Gasteiger partial charge is 0.240 e. The molecule has 1 aromatic carbocycles. The number of nitrogens with two attached hydrogens (primary N) is 1. The first-order valence-electron chi connectivity index (χ1n) is 6.90. The van der Waals surface area contributed by atoms with Crippen molar-refractivity contribution >= 4 is 10.0 Å². The highest BCUT2D eigenvalue weighted by Crippen LogP contribution is 2.18. The van der Waals surface area contributed by atoms with E-state index in [0.717, 1.165) is 30.6 Å². The molecule has 6 heteroatoms. The third-order valence-electron chi connectivity index (χ3n) is 3.82. The quantitative estimate of drug-likeness (QED) is 0.838. The van der Waals surface area contributed by atoms with Crippen molar-refractivity contribution in [2.24, 2.45) is 11.7 Å². The van der Waals surface area contributed by atoms with Gasteiger partial charge < -0.3 is 10.6 Å². The molecule has 0 aliphatic carbocycles. The Hall–Kier alpha value is -0.950. The van der Waals surface area contributed by atoms with Crippen molar-refractivity contribution < 1.29 is 8.42 Å². The molecule has 1 atom stereocenters. The van der Waals surface area contributed by atoms with Gasteiger partial charge in [-0.1, -0.05) is 12.1 Å². The molecule has 0 radical (unpaired) electrons. The SMILES string of the molecule is Cc1cc(CN)ccc1S(=O)(=O)NCC1CCN(C)C1. The van der Waals surface area contributed by atoms with Gasteiger partial charge in [0.15, 0.2) is 0 Å². The van der Waals surface area contributed by atoms with E-state index < -0.39 is 10.0 Å². The molecule has 1 aliphatic heterocycles. The summed E-state index contributed by atoms with van der Waals surface area (Å²) in [4.78, 5) is 2.57. The van der Waals surface area contributed by atoms with Crippen molar-refractivity contribution in [2.75, 3.05) is 26.7 Å². The summed E-state index contributed by atoms with van der Waals surface area (Å²) in [5, 5.41) is 0. The van der Waals surface area contributed by atoms with Crippen LogP contribution in [0.4, 0.5) is 0 Å². The van der Waals surface area contributed by atoms with Crippen LogP contribution >= 0.6 is 0 Å². The molecule has 1 unspecified atom stereocenters. The first-order chi connectivity index (χ1) is 9.42. The van der Waals surface area contributed by atoms with Gasteiger partial charge in [0.25, 0.3) is 0 Å². The minimum absolute atomic E-state index is 0.348. The zero-order chi connectivity index (χ0) is 14.8. The van der Waals surface area contributed by atoms with Crippen LogP contribution < -0.4 is 10.5 Å². The van der Waals surface area contributed by atoms with Gasteiger partial charge in [0.2, 0.25) is 10.0 Å². The Morgan fingerprint density at radius 3 is 2.75 bits per heavy atom. The molecule has 1 aromatic rings. The van der Waals surface area contributed by atoms with Crippen LogP contribution in [0.5, 0.6) is 0 Å². The van der Waals surface area contributed by atoms with E-state index in [-0.39, 0.29) is 0 Å². The summed E-state index contributed by atoms with van der Waals surface area (Å²) in [6.07, 6.45) is 1.05. The zero-order valence-corrected chi connectivity index (χ0v) is 12.9. The highest BCUT2D eigenvalue weighted by molar-refractivity contribution is 7.89. The molecule has 1 saturated heterocycles. The average Bonchev–Trinajstić information content (AvgIpc) is 2.82. The number of aryl methyl sites for hydroxylation is 1. The number of likely N-dealkylation sites (tertiary alicyclic amines) is 1. The fraction of sp³-hybridized carbons (Fsp3) is 0.571. The van der Waals surface area contributed by atoms with E-state index in [0.29, 0.717) is 23.9 Å². The Labute approximate surface area is 121 Å². The number of sulfonamides is 1. The topological polar surface area (TPSA) is 75.4 Å². The molecule has 0 spiro atoms. The lowest BCUT2D eigenvalue weighted by Gasteiger charge is -2.14.